The molecule has 1 aromatic rings. The van der Waals surface area contributed by atoms with Crippen molar-refractivity contribution in [2.24, 2.45) is 0 Å². The summed E-state index contributed by atoms with van der Waals surface area (Å²) in [5.74, 6) is 0. The van der Waals surface area contributed by atoms with Crippen LogP contribution in [0.25, 0.3) is 0 Å². The molecule has 1 atom stereocenters. The van der Waals surface area contributed by atoms with Crippen LogP contribution in [-0.4, -0.2) is 35.6 Å². The predicted octanol–water partition coefficient (Wildman–Crippen LogP) is 0.937. The molecule has 1 saturated heterocycles. The fourth-order valence-electron chi connectivity index (χ4n) is 1.64. The number of piperazine rings is 1. The number of aromatic nitrogens is 1. The molecule has 1 unspecified atom stereocenters. The normalized spacial score (nSPS) is 24.8. The summed E-state index contributed by atoms with van der Waals surface area (Å²) in [5.41, 5.74) is 1.90. The van der Waals surface area contributed by atoms with Gasteiger partial charge in [0.25, 0.3) is 0 Å². The van der Waals surface area contributed by atoms with Crippen LogP contribution in [0.15, 0.2) is 11.7 Å². The highest BCUT2D eigenvalue weighted by Gasteiger charge is 2.17. The minimum Gasteiger partial charge on any atom is -0.314 e. The van der Waals surface area contributed by atoms with Crippen LogP contribution < -0.4 is 5.32 Å². The van der Waals surface area contributed by atoms with E-state index in [4.69, 9.17) is 0 Å². The molecule has 1 N–H and O–H groups in total. The van der Waals surface area contributed by atoms with Gasteiger partial charge < -0.3 is 5.32 Å². The highest BCUT2D eigenvalue weighted by atomic mass is 32.1. The Morgan fingerprint density at radius 2 is 2.69 bits per heavy atom. The molecule has 0 bridgehead atoms. The quantitative estimate of drug-likeness (QED) is 0.764. The van der Waals surface area contributed by atoms with Crippen LogP contribution in [0.2, 0.25) is 0 Å². The second kappa shape index (κ2) is 4.17. The lowest BCUT2D eigenvalue weighted by molar-refractivity contribution is 0.167. The van der Waals surface area contributed by atoms with Crippen molar-refractivity contribution >= 4 is 11.3 Å². The van der Waals surface area contributed by atoms with Crippen LogP contribution in [0.5, 0.6) is 0 Å². The van der Waals surface area contributed by atoms with Crippen molar-refractivity contribution in [2.75, 3.05) is 19.6 Å². The summed E-state index contributed by atoms with van der Waals surface area (Å²) >= 11 is 1.75. The number of thiazole rings is 1. The van der Waals surface area contributed by atoms with Gasteiger partial charge in [-0.25, -0.2) is 0 Å². The Morgan fingerprint density at radius 3 is 3.38 bits per heavy atom. The molecule has 1 aliphatic heterocycles. The molecule has 2 heterocycles. The average Bonchev–Trinajstić information content (AvgIpc) is 2.61. The molecule has 1 fully saturated rings. The summed E-state index contributed by atoms with van der Waals surface area (Å²) in [7, 11) is 0. The molecule has 4 heteroatoms. The first kappa shape index (κ1) is 9.12. The number of nitrogens with zero attached hydrogens (tertiary/aromatic N) is 2. The van der Waals surface area contributed by atoms with Crippen molar-refractivity contribution in [3.05, 3.63) is 16.6 Å². The topological polar surface area (TPSA) is 28.2 Å². The van der Waals surface area contributed by atoms with Gasteiger partial charge >= 0.3 is 0 Å². The average molecular weight is 197 g/mol. The van der Waals surface area contributed by atoms with Gasteiger partial charge in [0.2, 0.25) is 0 Å². The Bertz CT molecular complexity index is 247. The minimum atomic E-state index is 0.649. The van der Waals surface area contributed by atoms with Gasteiger partial charge in [0.1, 0.15) is 0 Å². The molecular weight excluding hydrogens is 182 g/mol. The first-order chi connectivity index (χ1) is 6.36. The Morgan fingerprint density at radius 1 is 1.77 bits per heavy atom. The first-order valence-corrected chi connectivity index (χ1v) is 5.56. The fraction of sp³-hybridized carbons (Fsp3) is 0.667. The SMILES string of the molecule is CC1CNCCN1Cc1cncs1. The molecule has 72 valence electrons. The molecule has 0 amide bonds. The summed E-state index contributed by atoms with van der Waals surface area (Å²) in [6.07, 6.45) is 1.97. The van der Waals surface area contributed by atoms with Crippen molar-refractivity contribution < 1.29 is 0 Å². The Hall–Kier alpha value is -0.450. The zero-order chi connectivity index (χ0) is 9.10. The van der Waals surface area contributed by atoms with Crippen LogP contribution >= 0.6 is 11.3 Å². The van der Waals surface area contributed by atoms with Gasteiger partial charge in [-0.3, -0.25) is 9.88 Å². The number of hydrogen-bond acceptors (Lipinski definition) is 4. The van der Waals surface area contributed by atoms with E-state index < -0.39 is 0 Å². The molecule has 13 heavy (non-hydrogen) atoms. The van der Waals surface area contributed by atoms with E-state index in [0.717, 1.165) is 26.2 Å². The molecule has 1 aliphatic rings. The lowest BCUT2D eigenvalue weighted by atomic mass is 10.2. The third-order valence-electron chi connectivity index (χ3n) is 2.48. The van der Waals surface area contributed by atoms with Crippen LogP contribution in [-0.2, 0) is 6.54 Å². The zero-order valence-corrected chi connectivity index (χ0v) is 8.68. The number of hydrogen-bond donors (Lipinski definition) is 1. The van der Waals surface area contributed by atoms with Gasteiger partial charge in [-0.1, -0.05) is 0 Å². The first-order valence-electron chi connectivity index (χ1n) is 4.68. The van der Waals surface area contributed by atoms with E-state index in [1.165, 1.54) is 4.88 Å². The third kappa shape index (κ3) is 2.27. The summed E-state index contributed by atoms with van der Waals surface area (Å²) in [4.78, 5) is 7.96. The monoisotopic (exact) mass is 197 g/mol. The van der Waals surface area contributed by atoms with Gasteiger partial charge in [-0.05, 0) is 6.92 Å². The Kier molecular flexibility index (Phi) is 2.93. The fourth-order valence-corrected chi connectivity index (χ4v) is 2.26. The van der Waals surface area contributed by atoms with E-state index in [1.54, 1.807) is 11.3 Å². The van der Waals surface area contributed by atoms with E-state index in [-0.39, 0.29) is 0 Å². The molecule has 3 nitrogen and oxygen atoms in total. The second-order valence-corrected chi connectivity index (χ2v) is 4.46. The summed E-state index contributed by atoms with van der Waals surface area (Å²) in [5, 5.41) is 3.39. The van der Waals surface area contributed by atoms with Crippen molar-refractivity contribution in [2.45, 2.75) is 19.5 Å². The lowest BCUT2D eigenvalue weighted by Crippen LogP contribution is -2.49. The van der Waals surface area contributed by atoms with E-state index in [9.17, 15) is 0 Å². The predicted molar refractivity (Wildman–Crippen MR) is 54.9 cm³/mol. The van der Waals surface area contributed by atoms with Gasteiger partial charge in [-0.2, -0.15) is 0 Å². The summed E-state index contributed by atoms with van der Waals surface area (Å²) in [6.45, 7) is 6.71. The van der Waals surface area contributed by atoms with Gasteiger partial charge in [0.05, 0.1) is 5.51 Å². The van der Waals surface area contributed by atoms with Crippen molar-refractivity contribution in [1.82, 2.24) is 15.2 Å². The van der Waals surface area contributed by atoms with Crippen molar-refractivity contribution in [1.29, 1.82) is 0 Å². The van der Waals surface area contributed by atoms with E-state index in [1.807, 2.05) is 11.7 Å². The summed E-state index contributed by atoms with van der Waals surface area (Å²) in [6, 6.07) is 0.649. The van der Waals surface area contributed by atoms with Gasteiger partial charge in [0, 0.05) is 43.3 Å². The van der Waals surface area contributed by atoms with Gasteiger partial charge in [-0.15, -0.1) is 11.3 Å². The molecule has 2 rings (SSSR count). The van der Waals surface area contributed by atoms with Gasteiger partial charge in [0.15, 0.2) is 0 Å². The van der Waals surface area contributed by atoms with Crippen LogP contribution in [0, 0.1) is 0 Å². The van der Waals surface area contributed by atoms with Crippen LogP contribution in [0.3, 0.4) is 0 Å². The molecule has 0 radical (unpaired) electrons. The maximum atomic E-state index is 4.09. The standard InChI is InChI=1S/C9H15N3S/c1-8-4-10-2-3-12(8)6-9-5-11-7-13-9/h5,7-8,10H,2-4,6H2,1H3. The maximum absolute atomic E-state index is 4.09. The van der Waals surface area contributed by atoms with Crippen LogP contribution in [0.4, 0.5) is 0 Å². The van der Waals surface area contributed by atoms with E-state index in [2.05, 4.69) is 22.1 Å². The second-order valence-electron chi connectivity index (χ2n) is 3.49. The number of rotatable bonds is 2. The lowest BCUT2D eigenvalue weighted by Gasteiger charge is -2.33. The molecule has 0 spiro atoms. The van der Waals surface area contributed by atoms with Crippen LogP contribution in [0.1, 0.15) is 11.8 Å². The van der Waals surface area contributed by atoms with Crippen molar-refractivity contribution in [3.8, 4) is 0 Å². The van der Waals surface area contributed by atoms with E-state index >= 15 is 0 Å². The molecular formula is C9H15N3S. The molecule has 0 aliphatic carbocycles. The maximum Gasteiger partial charge on any atom is 0.0794 e. The Balaban J connectivity index is 1.93. The minimum absolute atomic E-state index is 0.649. The zero-order valence-electron chi connectivity index (χ0n) is 7.86. The summed E-state index contributed by atoms with van der Waals surface area (Å²) < 4.78 is 0. The largest absolute Gasteiger partial charge is 0.314 e. The smallest absolute Gasteiger partial charge is 0.0794 e. The highest BCUT2D eigenvalue weighted by molar-refractivity contribution is 7.09. The Labute approximate surface area is 82.8 Å². The van der Waals surface area contributed by atoms with E-state index in [0.29, 0.717) is 6.04 Å². The molecule has 1 aromatic heterocycles. The third-order valence-corrected chi connectivity index (χ3v) is 3.25. The molecule has 0 aromatic carbocycles. The number of nitrogens with one attached hydrogen (secondary N) is 1. The highest BCUT2D eigenvalue weighted by Crippen LogP contribution is 2.12. The van der Waals surface area contributed by atoms with Crippen molar-refractivity contribution in [3.63, 3.8) is 0 Å². The molecule has 0 saturated carbocycles.